The van der Waals surface area contributed by atoms with E-state index in [0.29, 0.717) is 13.2 Å². The van der Waals surface area contributed by atoms with Gasteiger partial charge < -0.3 is 15.0 Å². The molecule has 0 radical (unpaired) electrons. The molecule has 2 aromatic rings. The number of carbonyl (C=O) groups excluding carboxylic acids is 2. The Morgan fingerprint density at radius 2 is 1.80 bits per heavy atom. The van der Waals surface area contributed by atoms with Crippen LogP contribution in [0.3, 0.4) is 0 Å². The van der Waals surface area contributed by atoms with Crippen molar-refractivity contribution >= 4 is 11.8 Å². The van der Waals surface area contributed by atoms with Gasteiger partial charge in [0.1, 0.15) is 5.82 Å². The summed E-state index contributed by atoms with van der Waals surface area (Å²) >= 11 is 0. The summed E-state index contributed by atoms with van der Waals surface area (Å²) in [5.41, 5.74) is 1.55. The number of benzene rings is 2. The van der Waals surface area contributed by atoms with Gasteiger partial charge >= 0.3 is 0 Å². The van der Waals surface area contributed by atoms with Crippen LogP contribution >= 0.6 is 0 Å². The van der Waals surface area contributed by atoms with Crippen molar-refractivity contribution in [3.05, 3.63) is 71.5 Å². The van der Waals surface area contributed by atoms with Gasteiger partial charge in [0.2, 0.25) is 6.10 Å². The molecular formula is C19H19FN2O3. The van der Waals surface area contributed by atoms with E-state index in [1.54, 1.807) is 19.2 Å². The van der Waals surface area contributed by atoms with E-state index in [0.717, 1.165) is 11.1 Å². The van der Waals surface area contributed by atoms with Gasteiger partial charge in [0, 0.05) is 13.6 Å². The fourth-order valence-corrected chi connectivity index (χ4v) is 2.75. The molecule has 2 aromatic carbocycles. The van der Waals surface area contributed by atoms with Gasteiger partial charge in [-0.3, -0.25) is 9.59 Å². The van der Waals surface area contributed by atoms with Crippen LogP contribution in [0.4, 0.5) is 4.39 Å². The predicted molar refractivity (Wildman–Crippen MR) is 90.2 cm³/mol. The summed E-state index contributed by atoms with van der Waals surface area (Å²) in [6.45, 7) is 0.773. The average molecular weight is 342 g/mol. The van der Waals surface area contributed by atoms with Crippen LogP contribution in [0.5, 0.6) is 0 Å². The van der Waals surface area contributed by atoms with Gasteiger partial charge in [0.25, 0.3) is 11.8 Å². The fourth-order valence-electron chi connectivity index (χ4n) is 2.75. The Balaban J connectivity index is 1.86. The molecule has 1 fully saturated rings. The molecule has 0 aliphatic carbocycles. The van der Waals surface area contributed by atoms with Crippen molar-refractivity contribution in [2.75, 3.05) is 20.2 Å². The van der Waals surface area contributed by atoms with Crippen molar-refractivity contribution < 1.29 is 18.7 Å². The van der Waals surface area contributed by atoms with Crippen molar-refractivity contribution in [3.8, 4) is 0 Å². The molecule has 1 saturated heterocycles. The molecule has 25 heavy (non-hydrogen) atoms. The first kappa shape index (κ1) is 17.1. The van der Waals surface area contributed by atoms with Crippen LogP contribution in [0, 0.1) is 5.82 Å². The van der Waals surface area contributed by atoms with Gasteiger partial charge in [-0.15, -0.1) is 0 Å². The molecule has 1 heterocycles. The number of amides is 2. The lowest BCUT2D eigenvalue weighted by Gasteiger charge is -2.30. The third-order valence-electron chi connectivity index (χ3n) is 4.17. The smallest absolute Gasteiger partial charge is 0.261 e. The minimum Gasteiger partial charge on any atom is -0.357 e. The van der Waals surface area contributed by atoms with E-state index in [2.05, 4.69) is 5.32 Å². The van der Waals surface area contributed by atoms with Crippen LogP contribution < -0.4 is 5.32 Å². The molecule has 6 heteroatoms. The van der Waals surface area contributed by atoms with Crippen LogP contribution in [0.2, 0.25) is 0 Å². The van der Waals surface area contributed by atoms with Gasteiger partial charge in [-0.25, -0.2) is 4.39 Å². The highest BCUT2D eigenvalue weighted by Crippen LogP contribution is 2.23. The van der Waals surface area contributed by atoms with Crippen LogP contribution in [0.25, 0.3) is 0 Å². The number of hydrogen-bond acceptors (Lipinski definition) is 3. The second-order valence-corrected chi connectivity index (χ2v) is 5.91. The van der Waals surface area contributed by atoms with E-state index in [9.17, 15) is 14.0 Å². The monoisotopic (exact) mass is 342 g/mol. The first-order valence-electron chi connectivity index (χ1n) is 8.03. The van der Waals surface area contributed by atoms with Crippen molar-refractivity contribution in [1.29, 1.82) is 0 Å². The minimum absolute atomic E-state index is 0.312. The summed E-state index contributed by atoms with van der Waals surface area (Å²) in [6.07, 6.45) is -1.16. The highest BCUT2D eigenvalue weighted by atomic mass is 19.1. The van der Waals surface area contributed by atoms with Gasteiger partial charge in [-0.1, -0.05) is 42.5 Å². The lowest BCUT2D eigenvalue weighted by atomic mass is 9.98. The summed E-state index contributed by atoms with van der Waals surface area (Å²) in [4.78, 5) is 26.3. The molecule has 3 rings (SSSR count). The normalized spacial score (nSPS) is 18.7. The van der Waals surface area contributed by atoms with E-state index in [1.165, 1.54) is 17.0 Å². The van der Waals surface area contributed by atoms with E-state index >= 15 is 0 Å². The predicted octanol–water partition coefficient (Wildman–Crippen LogP) is 1.89. The van der Waals surface area contributed by atoms with E-state index < -0.39 is 18.1 Å². The summed E-state index contributed by atoms with van der Waals surface area (Å²) in [5, 5.41) is 2.86. The lowest BCUT2D eigenvalue weighted by molar-refractivity contribution is -0.159. The molecule has 1 aliphatic heterocycles. The number of ether oxygens (including phenoxy) is 1. The molecule has 0 bridgehead atoms. The molecule has 2 amide bonds. The van der Waals surface area contributed by atoms with E-state index in [1.807, 2.05) is 30.3 Å². The fraction of sp³-hybridized carbons (Fsp3) is 0.263. The second-order valence-electron chi connectivity index (χ2n) is 5.91. The standard InChI is InChI=1S/C19H19FN2O3/c1-22-11-12-25-17(19(22)24)18(23)21-16(13-5-3-2-4-6-13)14-7-9-15(20)10-8-14/h2-10,16-17H,11-12H2,1H3,(H,21,23). The van der Waals surface area contributed by atoms with Crippen LogP contribution in [0.15, 0.2) is 54.6 Å². The summed E-state index contributed by atoms with van der Waals surface area (Å²) in [6, 6.07) is 14.7. The summed E-state index contributed by atoms with van der Waals surface area (Å²) < 4.78 is 18.6. The SMILES string of the molecule is CN1CCOC(C(=O)NC(c2ccccc2)c2ccc(F)cc2)C1=O. The maximum atomic E-state index is 13.2. The third kappa shape index (κ3) is 3.85. The first-order valence-corrected chi connectivity index (χ1v) is 8.03. The highest BCUT2D eigenvalue weighted by Gasteiger charge is 2.34. The number of carbonyl (C=O) groups is 2. The van der Waals surface area contributed by atoms with Crippen LogP contribution in [-0.4, -0.2) is 43.0 Å². The zero-order valence-electron chi connectivity index (χ0n) is 13.8. The molecule has 2 unspecified atom stereocenters. The number of nitrogens with one attached hydrogen (secondary N) is 1. The second kappa shape index (κ2) is 7.44. The Kier molecular flexibility index (Phi) is 5.09. The Bertz CT molecular complexity index is 749. The Morgan fingerprint density at radius 3 is 2.48 bits per heavy atom. The topological polar surface area (TPSA) is 58.6 Å². The van der Waals surface area contributed by atoms with Crippen molar-refractivity contribution in [2.45, 2.75) is 12.1 Å². The molecule has 5 nitrogen and oxygen atoms in total. The van der Waals surface area contributed by atoms with Crippen LogP contribution in [0.1, 0.15) is 17.2 Å². The third-order valence-corrected chi connectivity index (χ3v) is 4.17. The molecular weight excluding hydrogens is 323 g/mol. The van der Waals surface area contributed by atoms with Gasteiger partial charge in [-0.05, 0) is 23.3 Å². The minimum atomic E-state index is -1.16. The Morgan fingerprint density at radius 1 is 1.16 bits per heavy atom. The first-order chi connectivity index (χ1) is 12.1. The van der Waals surface area contributed by atoms with Crippen molar-refractivity contribution in [1.82, 2.24) is 10.2 Å². The zero-order chi connectivity index (χ0) is 17.8. The number of hydrogen-bond donors (Lipinski definition) is 1. The molecule has 1 aliphatic rings. The average Bonchev–Trinajstić information content (AvgIpc) is 2.63. The molecule has 0 aromatic heterocycles. The maximum Gasteiger partial charge on any atom is 0.261 e. The molecule has 0 saturated carbocycles. The van der Waals surface area contributed by atoms with Gasteiger partial charge in [0.15, 0.2) is 0 Å². The van der Waals surface area contributed by atoms with Crippen LogP contribution in [-0.2, 0) is 14.3 Å². The Labute approximate surface area is 145 Å². The molecule has 130 valence electrons. The molecule has 0 spiro atoms. The van der Waals surface area contributed by atoms with E-state index in [-0.39, 0.29) is 11.7 Å². The quantitative estimate of drug-likeness (QED) is 0.864. The highest BCUT2D eigenvalue weighted by molar-refractivity contribution is 6.03. The largest absolute Gasteiger partial charge is 0.357 e. The number of rotatable bonds is 4. The number of nitrogens with zero attached hydrogens (tertiary/aromatic N) is 1. The lowest BCUT2D eigenvalue weighted by Crippen LogP contribution is -2.53. The number of morpholine rings is 1. The number of likely N-dealkylation sites (N-methyl/N-ethyl adjacent to an activating group) is 1. The maximum absolute atomic E-state index is 13.2. The Hall–Kier alpha value is -2.73. The van der Waals surface area contributed by atoms with E-state index in [4.69, 9.17) is 4.74 Å². The molecule has 2 atom stereocenters. The van der Waals surface area contributed by atoms with Crippen molar-refractivity contribution in [3.63, 3.8) is 0 Å². The van der Waals surface area contributed by atoms with Gasteiger partial charge in [-0.2, -0.15) is 0 Å². The summed E-state index contributed by atoms with van der Waals surface area (Å²) in [7, 11) is 1.64. The number of halogens is 1. The van der Waals surface area contributed by atoms with Crippen molar-refractivity contribution in [2.24, 2.45) is 0 Å². The van der Waals surface area contributed by atoms with Gasteiger partial charge in [0.05, 0.1) is 12.6 Å². The zero-order valence-corrected chi connectivity index (χ0v) is 13.8. The molecule has 1 N–H and O–H groups in total. The summed E-state index contributed by atoms with van der Waals surface area (Å²) in [5.74, 6) is -1.22.